The van der Waals surface area contributed by atoms with Crippen molar-refractivity contribution in [3.63, 3.8) is 0 Å². The number of carbonyl (C=O) groups excluding carboxylic acids is 1. The van der Waals surface area contributed by atoms with Gasteiger partial charge in [0.2, 0.25) is 0 Å². The lowest BCUT2D eigenvalue weighted by molar-refractivity contribution is -0.153. The lowest BCUT2D eigenvalue weighted by atomic mass is 10.2. The van der Waals surface area contributed by atoms with E-state index >= 15 is 0 Å². The van der Waals surface area contributed by atoms with Crippen LogP contribution in [0.5, 0.6) is 5.75 Å². The summed E-state index contributed by atoms with van der Waals surface area (Å²) in [7, 11) is 0. The minimum atomic E-state index is -4.58. The Bertz CT molecular complexity index is 403. The van der Waals surface area contributed by atoms with Crippen LogP contribution in [0.1, 0.15) is 10.4 Å². The van der Waals surface area contributed by atoms with E-state index in [-0.39, 0.29) is 11.3 Å². The number of hydrogen-bond donors (Lipinski definition) is 0. The van der Waals surface area contributed by atoms with E-state index in [1.54, 1.807) is 0 Å². The Kier molecular flexibility index (Phi) is 3.74. The molecule has 1 rings (SSSR count). The number of benzene rings is 1. The largest absolute Gasteiger partial charge is 0.481 e. The van der Waals surface area contributed by atoms with Crippen LogP contribution in [-0.2, 0) is 0 Å². The molecule has 0 atom stereocenters. The Hall–Kier alpha value is -1.30. The van der Waals surface area contributed by atoms with E-state index in [0.717, 1.165) is 12.1 Å². The van der Waals surface area contributed by atoms with Crippen molar-refractivity contribution in [1.82, 2.24) is 0 Å². The molecule has 2 nitrogen and oxygen atoms in total. The molecule has 16 heavy (non-hydrogen) atoms. The van der Waals surface area contributed by atoms with E-state index < -0.39 is 29.9 Å². The van der Waals surface area contributed by atoms with Crippen LogP contribution < -0.4 is 4.74 Å². The van der Waals surface area contributed by atoms with Crippen LogP contribution >= 0.6 is 11.6 Å². The van der Waals surface area contributed by atoms with E-state index in [2.05, 4.69) is 4.74 Å². The van der Waals surface area contributed by atoms with Crippen molar-refractivity contribution < 1.29 is 27.1 Å². The van der Waals surface area contributed by atoms with Gasteiger partial charge in [-0.25, -0.2) is 4.39 Å². The third kappa shape index (κ3) is 3.10. The van der Waals surface area contributed by atoms with Gasteiger partial charge in [0.05, 0.1) is 10.6 Å². The number of ether oxygens (including phenoxy) is 1. The molecule has 0 unspecified atom stereocenters. The van der Waals surface area contributed by atoms with Crippen molar-refractivity contribution in [2.45, 2.75) is 6.18 Å². The van der Waals surface area contributed by atoms with Crippen LogP contribution in [-0.4, -0.2) is 19.1 Å². The summed E-state index contributed by atoms with van der Waals surface area (Å²) in [6.07, 6.45) is -4.47. The molecule has 0 saturated carbocycles. The predicted octanol–water partition coefficient (Wildman–Crippen LogP) is 3.23. The van der Waals surface area contributed by atoms with Gasteiger partial charge in [0.1, 0.15) is 0 Å². The topological polar surface area (TPSA) is 26.3 Å². The lowest BCUT2D eigenvalue weighted by Crippen LogP contribution is -2.19. The molecule has 0 aliphatic rings. The third-order valence-corrected chi connectivity index (χ3v) is 1.93. The van der Waals surface area contributed by atoms with E-state index in [9.17, 15) is 22.4 Å². The number of alkyl halides is 3. The SMILES string of the molecule is O=Cc1c(Cl)ccc(OCC(F)(F)F)c1F. The summed E-state index contributed by atoms with van der Waals surface area (Å²) in [5, 5.41) is -0.188. The fraction of sp³-hybridized carbons (Fsp3) is 0.222. The van der Waals surface area contributed by atoms with Crippen molar-refractivity contribution in [2.24, 2.45) is 0 Å². The third-order valence-electron chi connectivity index (χ3n) is 1.60. The van der Waals surface area contributed by atoms with Crippen LogP contribution in [0, 0.1) is 5.82 Å². The van der Waals surface area contributed by atoms with Gasteiger partial charge < -0.3 is 4.74 Å². The molecule has 7 heteroatoms. The number of aldehydes is 1. The van der Waals surface area contributed by atoms with Crippen LogP contribution in [0.2, 0.25) is 5.02 Å². The Morgan fingerprint density at radius 1 is 1.38 bits per heavy atom. The Labute approximate surface area is 92.8 Å². The standard InChI is InChI=1S/C9H5ClF4O2/c10-6-1-2-7(8(11)5(6)3-15)16-4-9(12,13)14/h1-3H,4H2. The van der Waals surface area contributed by atoms with Gasteiger partial charge in [0, 0.05) is 0 Å². The summed E-state index contributed by atoms with van der Waals surface area (Å²) in [5.74, 6) is -1.87. The van der Waals surface area contributed by atoms with Gasteiger partial charge in [-0.05, 0) is 12.1 Å². The second-order valence-corrected chi connectivity index (χ2v) is 3.20. The molecule has 0 N–H and O–H groups in total. The molecule has 0 amide bonds. The highest BCUT2D eigenvalue weighted by Gasteiger charge is 2.29. The number of hydrogen-bond acceptors (Lipinski definition) is 2. The minimum absolute atomic E-state index is 0.109. The van der Waals surface area contributed by atoms with Crippen molar-refractivity contribution in [1.29, 1.82) is 0 Å². The van der Waals surface area contributed by atoms with Gasteiger partial charge in [0.15, 0.2) is 24.5 Å². The Morgan fingerprint density at radius 2 is 2.00 bits per heavy atom. The first-order valence-electron chi connectivity index (χ1n) is 3.98. The first kappa shape index (κ1) is 12.8. The van der Waals surface area contributed by atoms with Crippen molar-refractivity contribution in [3.8, 4) is 5.75 Å². The highest BCUT2D eigenvalue weighted by atomic mass is 35.5. The molecule has 0 radical (unpaired) electrons. The number of rotatable bonds is 3. The summed E-state index contributed by atoms with van der Waals surface area (Å²) in [4.78, 5) is 10.4. The zero-order valence-electron chi connectivity index (χ0n) is 7.65. The van der Waals surface area contributed by atoms with Gasteiger partial charge in [-0.2, -0.15) is 13.2 Å². The highest BCUT2D eigenvalue weighted by molar-refractivity contribution is 6.33. The fourth-order valence-electron chi connectivity index (χ4n) is 0.928. The monoisotopic (exact) mass is 256 g/mol. The normalized spacial score (nSPS) is 11.3. The van der Waals surface area contributed by atoms with Crippen LogP contribution in [0.3, 0.4) is 0 Å². The van der Waals surface area contributed by atoms with Gasteiger partial charge in [-0.3, -0.25) is 4.79 Å². The second kappa shape index (κ2) is 4.69. The average molecular weight is 257 g/mol. The van der Waals surface area contributed by atoms with Crippen LogP contribution in [0.4, 0.5) is 17.6 Å². The summed E-state index contributed by atoms with van der Waals surface area (Å²) >= 11 is 5.44. The van der Waals surface area contributed by atoms with E-state index in [0.29, 0.717) is 0 Å². The molecule has 88 valence electrons. The molecule has 0 heterocycles. The molecular formula is C9H5ClF4O2. The minimum Gasteiger partial charge on any atom is -0.481 e. The zero-order valence-corrected chi connectivity index (χ0v) is 8.40. The smallest absolute Gasteiger partial charge is 0.422 e. The maximum absolute atomic E-state index is 13.3. The summed E-state index contributed by atoms with van der Waals surface area (Å²) < 4.78 is 52.9. The lowest BCUT2D eigenvalue weighted by Gasteiger charge is -2.10. The molecular weight excluding hydrogens is 252 g/mol. The molecule has 0 spiro atoms. The van der Waals surface area contributed by atoms with Gasteiger partial charge in [-0.15, -0.1) is 0 Å². The molecule has 1 aromatic carbocycles. The van der Waals surface area contributed by atoms with Crippen molar-refractivity contribution >= 4 is 17.9 Å². The summed E-state index contributed by atoms with van der Waals surface area (Å²) in [5.41, 5.74) is -0.527. The van der Waals surface area contributed by atoms with E-state index in [1.165, 1.54) is 0 Å². The molecule has 0 saturated heterocycles. The van der Waals surface area contributed by atoms with Gasteiger partial charge >= 0.3 is 6.18 Å². The Morgan fingerprint density at radius 3 is 2.50 bits per heavy atom. The average Bonchev–Trinajstić information content (AvgIpc) is 2.16. The molecule has 0 bridgehead atoms. The maximum Gasteiger partial charge on any atom is 0.422 e. The van der Waals surface area contributed by atoms with Crippen molar-refractivity contribution in [2.75, 3.05) is 6.61 Å². The van der Waals surface area contributed by atoms with Crippen molar-refractivity contribution in [3.05, 3.63) is 28.5 Å². The molecule has 0 aliphatic heterocycles. The number of halogens is 5. The summed E-state index contributed by atoms with van der Waals surface area (Å²) in [6.45, 7) is -1.64. The second-order valence-electron chi connectivity index (χ2n) is 2.79. The number of carbonyl (C=O) groups is 1. The molecule has 0 aliphatic carbocycles. The first-order chi connectivity index (χ1) is 7.35. The first-order valence-corrected chi connectivity index (χ1v) is 4.35. The molecule has 1 aromatic rings. The molecule has 0 aromatic heterocycles. The Balaban J connectivity index is 2.94. The summed E-state index contributed by atoms with van der Waals surface area (Å²) in [6, 6.07) is 2.01. The fourth-order valence-corrected chi connectivity index (χ4v) is 1.12. The van der Waals surface area contributed by atoms with Gasteiger partial charge in [0.25, 0.3) is 0 Å². The van der Waals surface area contributed by atoms with Crippen LogP contribution in [0.25, 0.3) is 0 Å². The van der Waals surface area contributed by atoms with Gasteiger partial charge in [-0.1, -0.05) is 11.6 Å². The highest BCUT2D eigenvalue weighted by Crippen LogP contribution is 2.27. The van der Waals surface area contributed by atoms with E-state index in [1.807, 2.05) is 0 Å². The van der Waals surface area contributed by atoms with Crippen LogP contribution in [0.15, 0.2) is 12.1 Å². The van der Waals surface area contributed by atoms with E-state index in [4.69, 9.17) is 11.6 Å². The molecule has 0 fully saturated rings. The maximum atomic E-state index is 13.3. The zero-order chi connectivity index (χ0) is 12.3. The quantitative estimate of drug-likeness (QED) is 0.613. The predicted molar refractivity (Wildman–Crippen MR) is 48.3 cm³/mol.